The number of benzene rings is 2. The molecule has 0 bridgehead atoms. The van der Waals surface area contributed by atoms with E-state index in [4.69, 9.17) is 39.5 Å². The van der Waals surface area contributed by atoms with E-state index in [0.717, 1.165) is 6.26 Å². The van der Waals surface area contributed by atoms with Crippen molar-refractivity contribution in [3.05, 3.63) is 57.5 Å². The molecule has 0 fully saturated rings. The third-order valence-electron chi connectivity index (χ3n) is 3.82. The summed E-state index contributed by atoms with van der Waals surface area (Å²) < 4.78 is 30.9. The second kappa shape index (κ2) is 10.9. The van der Waals surface area contributed by atoms with Gasteiger partial charge in [0.15, 0.2) is 0 Å². The Bertz CT molecular complexity index is 934. The van der Waals surface area contributed by atoms with Gasteiger partial charge in [-0.05, 0) is 36.8 Å². The Kier molecular flexibility index (Phi) is 8.89. The van der Waals surface area contributed by atoms with E-state index < -0.39 is 10.0 Å². The SMILES string of the molecule is CS(=O)(=O)N(CCCC(=O)NCCOc1ccccc1Cl)c1cc(Cl)cc(Cl)c1. The minimum Gasteiger partial charge on any atom is -0.490 e. The standard InChI is InChI=1S/C19H21Cl3N2O4S/c1-29(26,27)24(16-12-14(20)11-15(21)13-16)9-4-7-19(25)23-8-10-28-18-6-3-2-5-17(18)22/h2-3,5-6,11-13H,4,7-10H2,1H3,(H,23,25). The highest BCUT2D eigenvalue weighted by atomic mass is 35.5. The summed E-state index contributed by atoms with van der Waals surface area (Å²) in [5.74, 6) is 0.345. The Hall–Kier alpha value is -1.67. The molecule has 1 N–H and O–H groups in total. The molecule has 1 amide bonds. The van der Waals surface area contributed by atoms with Crippen molar-refractivity contribution in [1.29, 1.82) is 0 Å². The van der Waals surface area contributed by atoms with Crippen LogP contribution in [0.15, 0.2) is 42.5 Å². The molecule has 2 rings (SSSR count). The number of amides is 1. The monoisotopic (exact) mass is 478 g/mol. The molecule has 2 aromatic rings. The van der Waals surface area contributed by atoms with Gasteiger partial charge in [0.05, 0.1) is 23.5 Å². The van der Waals surface area contributed by atoms with Crippen LogP contribution in [0.4, 0.5) is 5.69 Å². The zero-order valence-electron chi connectivity index (χ0n) is 15.7. The average Bonchev–Trinajstić information content (AvgIpc) is 2.61. The van der Waals surface area contributed by atoms with Gasteiger partial charge in [0, 0.05) is 23.0 Å². The first-order valence-corrected chi connectivity index (χ1v) is 11.7. The second-order valence-electron chi connectivity index (χ2n) is 6.20. The number of carbonyl (C=O) groups is 1. The van der Waals surface area contributed by atoms with Crippen LogP contribution in [0.25, 0.3) is 0 Å². The smallest absolute Gasteiger partial charge is 0.232 e. The van der Waals surface area contributed by atoms with Crippen molar-refractivity contribution in [2.75, 3.05) is 30.3 Å². The highest BCUT2D eigenvalue weighted by molar-refractivity contribution is 7.92. The second-order valence-corrected chi connectivity index (χ2v) is 9.38. The number of anilines is 1. The van der Waals surface area contributed by atoms with Crippen LogP contribution in [0.3, 0.4) is 0 Å². The Morgan fingerprint density at radius 1 is 1.10 bits per heavy atom. The van der Waals surface area contributed by atoms with Crippen LogP contribution in [-0.4, -0.2) is 40.3 Å². The lowest BCUT2D eigenvalue weighted by Crippen LogP contribution is -2.33. The van der Waals surface area contributed by atoms with Crippen LogP contribution in [0.2, 0.25) is 15.1 Å². The maximum absolute atomic E-state index is 12.1. The van der Waals surface area contributed by atoms with E-state index in [9.17, 15) is 13.2 Å². The molecule has 0 aliphatic carbocycles. The normalized spacial score (nSPS) is 11.2. The molecule has 10 heteroatoms. The van der Waals surface area contributed by atoms with Gasteiger partial charge in [-0.1, -0.05) is 46.9 Å². The molecular formula is C19H21Cl3N2O4S. The minimum atomic E-state index is -3.55. The number of carbonyl (C=O) groups excluding carboxylic acids is 1. The molecule has 0 saturated heterocycles. The maximum atomic E-state index is 12.1. The Morgan fingerprint density at radius 3 is 2.38 bits per heavy atom. The van der Waals surface area contributed by atoms with E-state index in [1.165, 1.54) is 22.5 Å². The lowest BCUT2D eigenvalue weighted by atomic mass is 10.2. The number of hydrogen-bond acceptors (Lipinski definition) is 4. The van der Waals surface area contributed by atoms with E-state index in [2.05, 4.69) is 5.32 Å². The van der Waals surface area contributed by atoms with Crippen LogP contribution in [0.5, 0.6) is 5.75 Å². The first-order valence-electron chi connectivity index (χ1n) is 8.74. The summed E-state index contributed by atoms with van der Waals surface area (Å²) in [6, 6.07) is 11.6. The molecule has 29 heavy (non-hydrogen) atoms. The fourth-order valence-electron chi connectivity index (χ4n) is 2.55. The van der Waals surface area contributed by atoms with Gasteiger partial charge in [-0.2, -0.15) is 0 Å². The topological polar surface area (TPSA) is 75.7 Å². The maximum Gasteiger partial charge on any atom is 0.232 e. The molecular weight excluding hydrogens is 459 g/mol. The third-order valence-corrected chi connectivity index (χ3v) is 5.76. The molecule has 0 aromatic heterocycles. The molecule has 158 valence electrons. The summed E-state index contributed by atoms with van der Waals surface area (Å²) in [4.78, 5) is 12.0. The molecule has 6 nitrogen and oxygen atoms in total. The van der Waals surface area contributed by atoms with Crippen LogP contribution >= 0.6 is 34.8 Å². The number of sulfonamides is 1. The molecule has 0 unspecified atom stereocenters. The number of ether oxygens (including phenoxy) is 1. The Balaban J connectivity index is 1.80. The third kappa shape index (κ3) is 7.93. The summed E-state index contributed by atoms with van der Waals surface area (Å²) in [6.07, 6.45) is 1.58. The first-order chi connectivity index (χ1) is 13.7. The fraction of sp³-hybridized carbons (Fsp3) is 0.316. The lowest BCUT2D eigenvalue weighted by Gasteiger charge is -2.22. The van der Waals surface area contributed by atoms with Crippen molar-refractivity contribution in [1.82, 2.24) is 5.32 Å². The number of nitrogens with zero attached hydrogens (tertiary/aromatic N) is 1. The highest BCUT2D eigenvalue weighted by Gasteiger charge is 2.18. The van der Waals surface area contributed by atoms with Crippen LogP contribution in [0.1, 0.15) is 12.8 Å². The van der Waals surface area contributed by atoms with E-state index >= 15 is 0 Å². The predicted octanol–water partition coefficient (Wildman–Crippen LogP) is 4.39. The lowest BCUT2D eigenvalue weighted by molar-refractivity contribution is -0.121. The largest absolute Gasteiger partial charge is 0.490 e. The van der Waals surface area contributed by atoms with E-state index in [1.807, 2.05) is 0 Å². The molecule has 2 aromatic carbocycles. The highest BCUT2D eigenvalue weighted by Crippen LogP contribution is 2.27. The molecule has 0 spiro atoms. The van der Waals surface area contributed by atoms with Crippen LogP contribution in [-0.2, 0) is 14.8 Å². The number of rotatable bonds is 10. The van der Waals surface area contributed by atoms with E-state index in [1.54, 1.807) is 24.3 Å². The van der Waals surface area contributed by atoms with Crippen LogP contribution < -0.4 is 14.4 Å². The zero-order valence-corrected chi connectivity index (χ0v) is 18.8. The van der Waals surface area contributed by atoms with Crippen molar-refractivity contribution in [3.8, 4) is 5.75 Å². The Labute approximate surface area is 185 Å². The van der Waals surface area contributed by atoms with Crippen molar-refractivity contribution in [3.63, 3.8) is 0 Å². The summed E-state index contributed by atoms with van der Waals surface area (Å²) >= 11 is 17.9. The summed E-state index contributed by atoms with van der Waals surface area (Å²) in [7, 11) is -3.55. The van der Waals surface area contributed by atoms with Gasteiger partial charge in [0.1, 0.15) is 12.4 Å². The number of nitrogens with one attached hydrogen (secondary N) is 1. The molecule has 0 aliphatic heterocycles. The molecule has 0 atom stereocenters. The Morgan fingerprint density at radius 2 is 1.76 bits per heavy atom. The summed E-state index contributed by atoms with van der Waals surface area (Å²) in [6.45, 7) is 0.703. The average molecular weight is 480 g/mol. The molecule has 0 radical (unpaired) electrons. The quantitative estimate of drug-likeness (QED) is 0.513. The number of halogens is 3. The van der Waals surface area contributed by atoms with E-state index in [-0.39, 0.29) is 25.5 Å². The van der Waals surface area contributed by atoms with Gasteiger partial charge < -0.3 is 10.1 Å². The number of para-hydroxylation sites is 1. The molecule has 0 saturated carbocycles. The molecule has 0 heterocycles. The fourth-order valence-corrected chi connectivity index (χ4v) is 4.21. The first kappa shape index (κ1) is 23.6. The van der Waals surface area contributed by atoms with Gasteiger partial charge in [0.2, 0.25) is 15.9 Å². The van der Waals surface area contributed by atoms with Crippen molar-refractivity contribution >= 4 is 56.4 Å². The van der Waals surface area contributed by atoms with Gasteiger partial charge >= 0.3 is 0 Å². The van der Waals surface area contributed by atoms with Gasteiger partial charge in [-0.3, -0.25) is 9.10 Å². The van der Waals surface area contributed by atoms with Gasteiger partial charge in [0.25, 0.3) is 0 Å². The summed E-state index contributed by atoms with van der Waals surface area (Å²) in [5, 5.41) is 3.89. The van der Waals surface area contributed by atoms with Crippen LogP contribution in [0, 0.1) is 0 Å². The zero-order chi connectivity index (χ0) is 21.4. The van der Waals surface area contributed by atoms with Gasteiger partial charge in [-0.15, -0.1) is 0 Å². The van der Waals surface area contributed by atoms with E-state index in [0.29, 0.717) is 39.5 Å². The molecule has 0 aliphatic rings. The van der Waals surface area contributed by atoms with Gasteiger partial charge in [-0.25, -0.2) is 8.42 Å². The van der Waals surface area contributed by atoms with Crippen molar-refractivity contribution in [2.24, 2.45) is 0 Å². The predicted molar refractivity (Wildman–Crippen MR) is 118 cm³/mol. The minimum absolute atomic E-state index is 0.124. The van der Waals surface area contributed by atoms with Crippen molar-refractivity contribution < 1.29 is 17.9 Å². The number of hydrogen-bond donors (Lipinski definition) is 1. The van der Waals surface area contributed by atoms with Crippen molar-refractivity contribution in [2.45, 2.75) is 12.8 Å². The summed E-state index contributed by atoms with van der Waals surface area (Å²) in [5.41, 5.74) is 0.360.